The van der Waals surface area contributed by atoms with Crippen LogP contribution in [0.15, 0.2) is 60.7 Å². The maximum Gasteiger partial charge on any atom is 0.252 e. The van der Waals surface area contributed by atoms with Crippen LogP contribution in [0.2, 0.25) is 0 Å². The summed E-state index contributed by atoms with van der Waals surface area (Å²) in [5.41, 5.74) is 8.37. The van der Waals surface area contributed by atoms with Gasteiger partial charge in [0.25, 0.3) is 5.91 Å². The Morgan fingerprint density at radius 1 is 0.957 bits per heavy atom. The van der Waals surface area contributed by atoms with Crippen molar-refractivity contribution in [3.05, 3.63) is 82.9 Å². The van der Waals surface area contributed by atoms with Gasteiger partial charge in [0.15, 0.2) is 5.60 Å². The van der Waals surface area contributed by atoms with E-state index in [4.69, 9.17) is 15.2 Å². The molecule has 0 fully saturated rings. The molecule has 5 rings (SSSR count). The number of nitrogen functional groups attached to an aromatic ring is 1. The third-order valence-electron chi connectivity index (χ3n) is 8.20. The molecule has 2 heterocycles. The molecule has 11 heteroatoms. The van der Waals surface area contributed by atoms with Crippen molar-refractivity contribution in [2.24, 2.45) is 5.92 Å². The Morgan fingerprint density at radius 2 is 1.65 bits per heavy atom. The van der Waals surface area contributed by atoms with Crippen LogP contribution in [0.3, 0.4) is 0 Å². The van der Waals surface area contributed by atoms with E-state index < -0.39 is 41.0 Å². The molecule has 3 atom stereocenters. The zero-order valence-electron chi connectivity index (χ0n) is 26.8. The molecule has 0 aromatic heterocycles. The molecule has 0 saturated carbocycles. The van der Waals surface area contributed by atoms with Crippen LogP contribution in [-0.2, 0) is 31.3 Å². The van der Waals surface area contributed by atoms with E-state index in [1.807, 2.05) is 50.4 Å². The highest BCUT2D eigenvalue weighted by molar-refractivity contribution is 7.98. The van der Waals surface area contributed by atoms with E-state index in [2.05, 4.69) is 28.1 Å². The number of aliphatic hydroxyl groups is 1. The normalized spacial score (nSPS) is 17.7. The third-order valence-corrected chi connectivity index (χ3v) is 8.85. The number of rotatable bonds is 11. The molecule has 0 aliphatic carbocycles. The lowest BCUT2D eigenvalue weighted by Gasteiger charge is -2.37. The molecule has 46 heavy (non-hydrogen) atoms. The number of carbonyl (C=O) groups is 3. The van der Waals surface area contributed by atoms with E-state index >= 15 is 0 Å². The molecule has 6 N–H and O–H groups in total. The van der Waals surface area contributed by atoms with Gasteiger partial charge < -0.3 is 36.3 Å². The van der Waals surface area contributed by atoms with Crippen molar-refractivity contribution < 1.29 is 29.0 Å². The first-order valence-electron chi connectivity index (χ1n) is 15.4. The van der Waals surface area contributed by atoms with Gasteiger partial charge >= 0.3 is 0 Å². The van der Waals surface area contributed by atoms with Crippen LogP contribution >= 0.6 is 11.8 Å². The minimum Gasteiger partial charge on any atom is -0.456 e. The van der Waals surface area contributed by atoms with Crippen molar-refractivity contribution in [1.29, 1.82) is 0 Å². The summed E-state index contributed by atoms with van der Waals surface area (Å²) in [6, 6.07) is 17.3. The Labute approximate surface area is 273 Å². The number of hydrogen-bond donors (Lipinski definition) is 5. The largest absolute Gasteiger partial charge is 0.456 e. The maximum absolute atomic E-state index is 13.7. The molecule has 10 nitrogen and oxygen atoms in total. The molecule has 244 valence electrons. The molecule has 1 unspecified atom stereocenters. The highest BCUT2D eigenvalue weighted by Gasteiger charge is 2.49. The molecule has 2 aliphatic rings. The van der Waals surface area contributed by atoms with Gasteiger partial charge in [-0.25, -0.2) is 0 Å². The van der Waals surface area contributed by atoms with Crippen molar-refractivity contribution >= 4 is 40.9 Å². The van der Waals surface area contributed by atoms with Gasteiger partial charge in [-0.1, -0.05) is 38.1 Å². The lowest BCUT2D eigenvalue weighted by molar-refractivity contribution is -0.140. The molecule has 0 radical (unpaired) electrons. The first kappa shape index (κ1) is 33.3. The van der Waals surface area contributed by atoms with Gasteiger partial charge in [-0.15, -0.1) is 0 Å². The Kier molecular flexibility index (Phi) is 9.67. The van der Waals surface area contributed by atoms with Crippen molar-refractivity contribution in [1.82, 2.24) is 10.6 Å². The van der Waals surface area contributed by atoms with Crippen LogP contribution < -0.4 is 26.4 Å². The van der Waals surface area contributed by atoms with Gasteiger partial charge in [-0.3, -0.25) is 14.4 Å². The number of ether oxygens (including phenoxy) is 2. The fourth-order valence-corrected chi connectivity index (χ4v) is 6.37. The zero-order chi connectivity index (χ0) is 33.2. The maximum atomic E-state index is 13.7. The standard InChI is InChI=1S/C35H42N4O6S/c1-20(2)16-28(39-33(42)34(3,4)43)32(41)38-27(14-15-46-5)31(40)37-23-11-13-26-30(18-23)45-29-17-22(36)10-12-25(29)35(26)24-9-7-6-8-21(24)19-44-35/h6-13,17-18,20,27-28,43H,14-16,19,36H2,1-5H3,(H,37,40)(H,38,41)(H,39,42)/t27-,28-,35?/m0/s1. The summed E-state index contributed by atoms with van der Waals surface area (Å²) in [6.07, 6.45) is 2.63. The number of fused-ring (bicyclic) bond motifs is 6. The van der Waals surface area contributed by atoms with Crippen molar-refractivity contribution in [2.75, 3.05) is 23.1 Å². The number of carbonyl (C=O) groups excluding carboxylic acids is 3. The predicted octanol–water partition coefficient (Wildman–Crippen LogP) is 4.67. The van der Waals surface area contributed by atoms with E-state index in [1.54, 1.807) is 30.0 Å². The molecule has 3 aromatic carbocycles. The number of thioether (sulfide) groups is 1. The number of nitrogens with two attached hydrogens (primary N) is 1. The first-order chi connectivity index (χ1) is 21.8. The molecule has 0 saturated heterocycles. The minimum absolute atomic E-state index is 0.0754. The SMILES string of the molecule is CSCC[C@H](NC(=O)[C@H](CC(C)C)NC(=O)C(C)(C)O)C(=O)Nc1ccc2c(c1)Oc1cc(N)ccc1C21OCc2ccccc21. The number of amides is 3. The summed E-state index contributed by atoms with van der Waals surface area (Å²) in [5, 5.41) is 18.6. The van der Waals surface area contributed by atoms with Gasteiger partial charge in [-0.05, 0) is 80.0 Å². The van der Waals surface area contributed by atoms with Crippen LogP contribution in [0.1, 0.15) is 62.8 Å². The molecule has 2 aliphatic heterocycles. The van der Waals surface area contributed by atoms with Gasteiger partial charge in [-0.2, -0.15) is 11.8 Å². The zero-order valence-corrected chi connectivity index (χ0v) is 27.6. The summed E-state index contributed by atoms with van der Waals surface area (Å²) in [7, 11) is 0. The number of hydrogen-bond acceptors (Lipinski definition) is 8. The van der Waals surface area contributed by atoms with E-state index in [9.17, 15) is 19.5 Å². The number of benzene rings is 3. The predicted molar refractivity (Wildman–Crippen MR) is 180 cm³/mol. The third kappa shape index (κ3) is 6.72. The topological polar surface area (TPSA) is 152 Å². The molecule has 0 bridgehead atoms. The second kappa shape index (κ2) is 13.4. The number of anilines is 2. The Bertz CT molecular complexity index is 1640. The fourth-order valence-electron chi connectivity index (χ4n) is 5.90. The lowest BCUT2D eigenvalue weighted by Crippen LogP contribution is -2.56. The summed E-state index contributed by atoms with van der Waals surface area (Å²) >= 11 is 1.55. The van der Waals surface area contributed by atoms with Crippen LogP contribution in [0, 0.1) is 5.92 Å². The Balaban J connectivity index is 1.41. The second-order valence-electron chi connectivity index (χ2n) is 12.7. The Morgan fingerprint density at radius 3 is 2.35 bits per heavy atom. The summed E-state index contributed by atoms with van der Waals surface area (Å²) in [6.45, 7) is 7.01. The van der Waals surface area contributed by atoms with Crippen LogP contribution in [0.5, 0.6) is 11.5 Å². The van der Waals surface area contributed by atoms with Crippen LogP contribution in [-0.4, -0.2) is 52.5 Å². The highest BCUT2D eigenvalue weighted by Crippen LogP contribution is 2.56. The highest BCUT2D eigenvalue weighted by atomic mass is 32.2. The van der Waals surface area contributed by atoms with E-state index in [-0.39, 0.29) is 5.92 Å². The molecule has 3 aromatic rings. The average molecular weight is 647 g/mol. The lowest BCUT2D eigenvalue weighted by atomic mass is 9.77. The van der Waals surface area contributed by atoms with E-state index in [0.29, 0.717) is 48.1 Å². The smallest absolute Gasteiger partial charge is 0.252 e. The van der Waals surface area contributed by atoms with Crippen LogP contribution in [0.25, 0.3) is 0 Å². The van der Waals surface area contributed by atoms with Crippen molar-refractivity contribution in [3.63, 3.8) is 0 Å². The first-order valence-corrected chi connectivity index (χ1v) is 16.8. The number of nitrogens with one attached hydrogen (secondary N) is 3. The quantitative estimate of drug-likeness (QED) is 0.189. The van der Waals surface area contributed by atoms with Crippen molar-refractivity contribution in [3.8, 4) is 11.5 Å². The van der Waals surface area contributed by atoms with Crippen molar-refractivity contribution in [2.45, 2.75) is 70.4 Å². The summed E-state index contributed by atoms with van der Waals surface area (Å²) < 4.78 is 12.9. The molecular formula is C35H42N4O6S. The summed E-state index contributed by atoms with van der Waals surface area (Å²) in [5.74, 6) is 0.222. The van der Waals surface area contributed by atoms with Crippen LogP contribution in [0.4, 0.5) is 11.4 Å². The van der Waals surface area contributed by atoms with Gasteiger partial charge in [0.05, 0.1) is 6.61 Å². The van der Waals surface area contributed by atoms with Gasteiger partial charge in [0.2, 0.25) is 11.8 Å². The molecule has 3 amide bonds. The second-order valence-corrected chi connectivity index (χ2v) is 13.7. The Hall–Kier alpha value is -4.06. The summed E-state index contributed by atoms with van der Waals surface area (Å²) in [4.78, 5) is 39.6. The van der Waals surface area contributed by atoms with E-state index in [1.165, 1.54) is 13.8 Å². The molecule has 1 spiro atoms. The molecular weight excluding hydrogens is 604 g/mol. The average Bonchev–Trinajstić information content (AvgIpc) is 3.37. The monoisotopic (exact) mass is 646 g/mol. The van der Waals surface area contributed by atoms with Gasteiger partial charge in [0.1, 0.15) is 29.2 Å². The van der Waals surface area contributed by atoms with Gasteiger partial charge in [0, 0.05) is 34.6 Å². The minimum atomic E-state index is -1.66. The van der Waals surface area contributed by atoms with E-state index in [0.717, 1.165) is 22.3 Å². The fraction of sp³-hybridized carbons (Fsp3) is 0.400.